The SMILES string of the molecule is Cc1cccc(/C=C/C(=O)N2CCCC(N)C2)c1.Cl. The molecule has 1 fully saturated rings. The first-order chi connectivity index (χ1) is 8.65. The highest BCUT2D eigenvalue weighted by Crippen LogP contribution is 2.10. The van der Waals surface area contributed by atoms with Crippen molar-refractivity contribution in [2.45, 2.75) is 25.8 Å². The number of piperidine rings is 1. The maximum Gasteiger partial charge on any atom is 0.246 e. The minimum Gasteiger partial charge on any atom is -0.338 e. The van der Waals surface area contributed by atoms with Gasteiger partial charge in [-0.15, -0.1) is 12.4 Å². The van der Waals surface area contributed by atoms with Gasteiger partial charge < -0.3 is 10.6 Å². The molecule has 104 valence electrons. The van der Waals surface area contributed by atoms with Crippen LogP contribution in [0, 0.1) is 6.92 Å². The molecule has 1 amide bonds. The lowest BCUT2D eigenvalue weighted by Crippen LogP contribution is -2.45. The first-order valence-corrected chi connectivity index (χ1v) is 6.44. The number of hydrogen-bond donors (Lipinski definition) is 1. The number of aryl methyl sites for hydroxylation is 1. The monoisotopic (exact) mass is 280 g/mol. The third-order valence-corrected chi connectivity index (χ3v) is 3.23. The highest BCUT2D eigenvalue weighted by Gasteiger charge is 2.19. The number of nitrogens with zero attached hydrogens (tertiary/aromatic N) is 1. The van der Waals surface area contributed by atoms with Gasteiger partial charge in [-0.25, -0.2) is 0 Å². The molecule has 0 saturated carbocycles. The van der Waals surface area contributed by atoms with Gasteiger partial charge in [-0.2, -0.15) is 0 Å². The van der Waals surface area contributed by atoms with Crippen molar-refractivity contribution in [3.8, 4) is 0 Å². The smallest absolute Gasteiger partial charge is 0.246 e. The van der Waals surface area contributed by atoms with Crippen molar-refractivity contribution in [1.82, 2.24) is 4.90 Å². The summed E-state index contributed by atoms with van der Waals surface area (Å²) < 4.78 is 0. The van der Waals surface area contributed by atoms with Gasteiger partial charge in [0, 0.05) is 25.2 Å². The number of rotatable bonds is 2. The van der Waals surface area contributed by atoms with Crippen molar-refractivity contribution < 1.29 is 4.79 Å². The van der Waals surface area contributed by atoms with Crippen LogP contribution in [0.1, 0.15) is 24.0 Å². The molecule has 0 radical (unpaired) electrons. The second kappa shape index (κ2) is 7.31. The fraction of sp³-hybridized carbons (Fsp3) is 0.400. The van der Waals surface area contributed by atoms with Crippen LogP contribution in [0.2, 0.25) is 0 Å². The zero-order chi connectivity index (χ0) is 13.0. The zero-order valence-electron chi connectivity index (χ0n) is 11.2. The molecule has 3 nitrogen and oxygen atoms in total. The lowest BCUT2D eigenvalue weighted by molar-refractivity contribution is -0.127. The number of nitrogens with two attached hydrogens (primary N) is 1. The number of hydrogen-bond acceptors (Lipinski definition) is 2. The van der Waals surface area contributed by atoms with Crippen LogP contribution in [0.4, 0.5) is 0 Å². The van der Waals surface area contributed by atoms with E-state index in [1.807, 2.05) is 36.1 Å². The summed E-state index contributed by atoms with van der Waals surface area (Å²) in [7, 11) is 0. The fourth-order valence-electron chi connectivity index (χ4n) is 2.26. The van der Waals surface area contributed by atoms with Crippen LogP contribution in [0.15, 0.2) is 30.3 Å². The Bertz CT molecular complexity index is 459. The number of carbonyl (C=O) groups is 1. The Morgan fingerprint density at radius 1 is 1.47 bits per heavy atom. The van der Waals surface area contributed by atoms with Crippen LogP contribution < -0.4 is 5.73 Å². The van der Waals surface area contributed by atoms with E-state index < -0.39 is 0 Å². The number of likely N-dealkylation sites (tertiary alicyclic amines) is 1. The summed E-state index contributed by atoms with van der Waals surface area (Å²) in [4.78, 5) is 13.8. The molecule has 1 unspecified atom stereocenters. The maximum absolute atomic E-state index is 12.0. The van der Waals surface area contributed by atoms with Gasteiger partial charge in [0.2, 0.25) is 5.91 Å². The van der Waals surface area contributed by atoms with E-state index in [2.05, 4.69) is 6.07 Å². The van der Waals surface area contributed by atoms with Crippen molar-refractivity contribution in [2.24, 2.45) is 5.73 Å². The summed E-state index contributed by atoms with van der Waals surface area (Å²) in [6.45, 7) is 3.55. The normalized spacial score (nSPS) is 19.3. The van der Waals surface area contributed by atoms with Crippen LogP contribution in [0.3, 0.4) is 0 Å². The van der Waals surface area contributed by atoms with E-state index in [-0.39, 0.29) is 24.4 Å². The van der Waals surface area contributed by atoms with E-state index in [9.17, 15) is 4.79 Å². The minimum atomic E-state index is 0. The quantitative estimate of drug-likeness (QED) is 0.846. The molecule has 0 aliphatic carbocycles. The third kappa shape index (κ3) is 4.69. The maximum atomic E-state index is 12.0. The van der Waals surface area contributed by atoms with Crippen LogP contribution in [-0.2, 0) is 4.79 Å². The highest BCUT2D eigenvalue weighted by atomic mass is 35.5. The van der Waals surface area contributed by atoms with Crippen LogP contribution in [-0.4, -0.2) is 29.9 Å². The number of amides is 1. The molecule has 1 aliphatic rings. The van der Waals surface area contributed by atoms with E-state index in [1.54, 1.807) is 6.08 Å². The lowest BCUT2D eigenvalue weighted by Gasteiger charge is -2.29. The molecule has 4 heteroatoms. The third-order valence-electron chi connectivity index (χ3n) is 3.23. The molecule has 1 aromatic carbocycles. The molecule has 0 bridgehead atoms. The molecule has 1 aromatic rings. The predicted molar refractivity (Wildman–Crippen MR) is 81.3 cm³/mol. The van der Waals surface area contributed by atoms with E-state index in [0.717, 1.165) is 24.9 Å². The van der Waals surface area contributed by atoms with Crippen LogP contribution in [0.25, 0.3) is 6.08 Å². The zero-order valence-corrected chi connectivity index (χ0v) is 12.0. The van der Waals surface area contributed by atoms with Gasteiger partial charge in [0.25, 0.3) is 0 Å². The summed E-state index contributed by atoms with van der Waals surface area (Å²) in [5, 5.41) is 0. The van der Waals surface area contributed by atoms with Gasteiger partial charge in [-0.3, -0.25) is 4.79 Å². The van der Waals surface area contributed by atoms with E-state index >= 15 is 0 Å². The van der Waals surface area contributed by atoms with Crippen LogP contribution >= 0.6 is 12.4 Å². The Kier molecular flexibility index (Phi) is 6.06. The van der Waals surface area contributed by atoms with Gasteiger partial charge in [0.15, 0.2) is 0 Å². The summed E-state index contributed by atoms with van der Waals surface area (Å²) in [6.07, 6.45) is 5.54. The summed E-state index contributed by atoms with van der Waals surface area (Å²) in [6, 6.07) is 8.24. The Labute approximate surface area is 120 Å². The lowest BCUT2D eigenvalue weighted by atomic mass is 10.1. The first-order valence-electron chi connectivity index (χ1n) is 6.44. The second-order valence-corrected chi connectivity index (χ2v) is 4.93. The Balaban J connectivity index is 0.00000180. The summed E-state index contributed by atoms with van der Waals surface area (Å²) in [5.41, 5.74) is 8.13. The molecule has 1 atom stereocenters. The van der Waals surface area contributed by atoms with Crippen molar-refractivity contribution in [3.05, 3.63) is 41.5 Å². The number of halogens is 1. The Morgan fingerprint density at radius 3 is 2.95 bits per heavy atom. The standard InChI is InChI=1S/C15H20N2O.ClH/c1-12-4-2-5-13(10-12)7-8-15(18)17-9-3-6-14(16)11-17;/h2,4-5,7-8,10,14H,3,6,9,11,16H2,1H3;1H/b8-7+;. The fourth-order valence-corrected chi connectivity index (χ4v) is 2.26. The minimum absolute atomic E-state index is 0. The molecule has 1 aliphatic heterocycles. The molecular weight excluding hydrogens is 260 g/mol. The number of benzene rings is 1. The summed E-state index contributed by atoms with van der Waals surface area (Å²) >= 11 is 0. The largest absolute Gasteiger partial charge is 0.338 e. The molecule has 19 heavy (non-hydrogen) atoms. The highest BCUT2D eigenvalue weighted by molar-refractivity contribution is 5.91. The average Bonchev–Trinajstić information content (AvgIpc) is 2.36. The second-order valence-electron chi connectivity index (χ2n) is 4.93. The molecule has 2 N–H and O–H groups in total. The van der Waals surface area contributed by atoms with E-state index in [0.29, 0.717) is 6.54 Å². The average molecular weight is 281 g/mol. The predicted octanol–water partition coefficient (Wildman–Crippen LogP) is 2.38. The van der Waals surface area contributed by atoms with Crippen molar-refractivity contribution in [2.75, 3.05) is 13.1 Å². The van der Waals surface area contributed by atoms with Gasteiger partial charge >= 0.3 is 0 Å². The van der Waals surface area contributed by atoms with Crippen LogP contribution in [0.5, 0.6) is 0 Å². The van der Waals surface area contributed by atoms with Gasteiger partial charge in [-0.05, 0) is 31.4 Å². The number of carbonyl (C=O) groups excluding carboxylic acids is 1. The first kappa shape index (κ1) is 15.7. The molecule has 2 rings (SSSR count). The van der Waals surface area contributed by atoms with Gasteiger partial charge in [0.05, 0.1) is 0 Å². The molecular formula is C15H21ClN2O. The molecule has 1 saturated heterocycles. The molecule has 1 heterocycles. The van der Waals surface area contributed by atoms with E-state index in [4.69, 9.17) is 5.73 Å². The van der Waals surface area contributed by atoms with Crippen molar-refractivity contribution in [1.29, 1.82) is 0 Å². The van der Waals surface area contributed by atoms with Crippen molar-refractivity contribution >= 4 is 24.4 Å². The Morgan fingerprint density at radius 2 is 2.26 bits per heavy atom. The molecule has 0 aromatic heterocycles. The Hall–Kier alpha value is -1.32. The summed E-state index contributed by atoms with van der Waals surface area (Å²) in [5.74, 6) is 0.0617. The van der Waals surface area contributed by atoms with E-state index in [1.165, 1.54) is 5.56 Å². The topological polar surface area (TPSA) is 46.3 Å². The van der Waals surface area contributed by atoms with Gasteiger partial charge in [-0.1, -0.05) is 29.8 Å². The molecule has 0 spiro atoms. The van der Waals surface area contributed by atoms with Crippen molar-refractivity contribution in [3.63, 3.8) is 0 Å². The van der Waals surface area contributed by atoms with Gasteiger partial charge in [0.1, 0.15) is 0 Å².